The number of rotatable bonds is 7. The Bertz CT molecular complexity index is 459. The Morgan fingerprint density at radius 2 is 2.20 bits per heavy atom. The molecule has 1 aliphatic carbocycles. The van der Waals surface area contributed by atoms with E-state index in [2.05, 4.69) is 11.4 Å². The number of benzene rings is 1. The van der Waals surface area contributed by atoms with Gasteiger partial charge in [-0.25, -0.2) is 0 Å². The molecule has 0 heterocycles. The molecule has 0 aliphatic heterocycles. The van der Waals surface area contributed by atoms with Crippen LogP contribution in [0.2, 0.25) is 0 Å². The van der Waals surface area contributed by atoms with Gasteiger partial charge in [-0.2, -0.15) is 0 Å². The second kappa shape index (κ2) is 7.29. The average molecular weight is 277 g/mol. The third-order valence-corrected chi connectivity index (χ3v) is 3.64. The molecule has 20 heavy (non-hydrogen) atoms. The summed E-state index contributed by atoms with van der Waals surface area (Å²) in [6, 6.07) is 6.15. The predicted octanol–water partition coefficient (Wildman–Crippen LogP) is 1.83. The van der Waals surface area contributed by atoms with Crippen molar-refractivity contribution in [2.75, 3.05) is 13.2 Å². The zero-order valence-corrected chi connectivity index (χ0v) is 12.0. The van der Waals surface area contributed by atoms with Crippen molar-refractivity contribution in [3.05, 3.63) is 29.3 Å². The Kier molecular flexibility index (Phi) is 5.41. The maximum atomic E-state index is 11.7. The first-order valence-electron chi connectivity index (χ1n) is 7.34. The molecule has 4 nitrogen and oxygen atoms in total. The molecule has 1 aliphatic rings. The Hall–Kier alpha value is -1.55. The summed E-state index contributed by atoms with van der Waals surface area (Å²) in [5.74, 6) is 0.653. The molecule has 1 aromatic carbocycles. The molecule has 0 spiro atoms. The van der Waals surface area contributed by atoms with E-state index in [1.165, 1.54) is 17.5 Å². The minimum Gasteiger partial charge on any atom is -0.484 e. The molecule has 1 aromatic rings. The number of aliphatic hydroxyl groups is 1. The standard InChI is InChI=1S/C16H23NO3/c1-12(4-3-9-18)17-16(19)11-20-15-8-7-13-5-2-6-14(13)10-15/h7-8,10,12,18H,2-6,9,11H2,1H3,(H,17,19). The van der Waals surface area contributed by atoms with Crippen LogP contribution < -0.4 is 10.1 Å². The van der Waals surface area contributed by atoms with Crippen LogP contribution in [0.4, 0.5) is 0 Å². The van der Waals surface area contributed by atoms with Crippen LogP contribution in [0.3, 0.4) is 0 Å². The van der Waals surface area contributed by atoms with Crippen molar-refractivity contribution in [2.24, 2.45) is 0 Å². The fourth-order valence-electron chi connectivity index (χ4n) is 2.57. The fraction of sp³-hybridized carbons (Fsp3) is 0.562. The topological polar surface area (TPSA) is 58.6 Å². The molecule has 0 saturated carbocycles. The Labute approximate surface area is 120 Å². The summed E-state index contributed by atoms with van der Waals surface area (Å²) in [6.07, 6.45) is 4.95. The largest absolute Gasteiger partial charge is 0.484 e. The molecule has 0 bridgehead atoms. The minimum absolute atomic E-state index is 0.0439. The van der Waals surface area contributed by atoms with Gasteiger partial charge in [-0.1, -0.05) is 6.07 Å². The lowest BCUT2D eigenvalue weighted by atomic mass is 10.1. The lowest BCUT2D eigenvalue weighted by Crippen LogP contribution is -2.36. The smallest absolute Gasteiger partial charge is 0.258 e. The third-order valence-electron chi connectivity index (χ3n) is 3.64. The molecule has 1 unspecified atom stereocenters. The Morgan fingerprint density at radius 3 is 3.00 bits per heavy atom. The van der Waals surface area contributed by atoms with Gasteiger partial charge in [-0.3, -0.25) is 4.79 Å². The van der Waals surface area contributed by atoms with E-state index in [-0.39, 0.29) is 25.2 Å². The van der Waals surface area contributed by atoms with Crippen molar-refractivity contribution in [1.82, 2.24) is 5.32 Å². The predicted molar refractivity (Wildman–Crippen MR) is 77.9 cm³/mol. The van der Waals surface area contributed by atoms with E-state index >= 15 is 0 Å². The quantitative estimate of drug-likeness (QED) is 0.799. The van der Waals surface area contributed by atoms with Gasteiger partial charge in [0.2, 0.25) is 0 Å². The van der Waals surface area contributed by atoms with Crippen LogP contribution in [0, 0.1) is 0 Å². The van der Waals surface area contributed by atoms with Gasteiger partial charge in [0, 0.05) is 12.6 Å². The van der Waals surface area contributed by atoms with Crippen LogP contribution in [0.25, 0.3) is 0 Å². The maximum absolute atomic E-state index is 11.7. The Balaban J connectivity index is 1.76. The van der Waals surface area contributed by atoms with Crippen molar-refractivity contribution >= 4 is 5.91 Å². The van der Waals surface area contributed by atoms with Crippen LogP contribution in [-0.4, -0.2) is 30.3 Å². The number of hydrogen-bond acceptors (Lipinski definition) is 3. The van der Waals surface area contributed by atoms with Crippen molar-refractivity contribution in [3.8, 4) is 5.75 Å². The first kappa shape index (κ1) is 14.9. The number of nitrogens with one attached hydrogen (secondary N) is 1. The fourth-order valence-corrected chi connectivity index (χ4v) is 2.57. The molecule has 2 N–H and O–H groups in total. The number of amides is 1. The third kappa shape index (κ3) is 4.23. The molecular weight excluding hydrogens is 254 g/mol. The summed E-state index contributed by atoms with van der Waals surface area (Å²) < 4.78 is 5.54. The van der Waals surface area contributed by atoms with Crippen LogP contribution in [-0.2, 0) is 17.6 Å². The van der Waals surface area contributed by atoms with Gasteiger partial charge in [0.15, 0.2) is 6.61 Å². The highest BCUT2D eigenvalue weighted by molar-refractivity contribution is 5.77. The first-order chi connectivity index (χ1) is 9.69. The van der Waals surface area contributed by atoms with Crippen LogP contribution >= 0.6 is 0 Å². The number of carbonyl (C=O) groups excluding carboxylic acids is 1. The van der Waals surface area contributed by atoms with E-state index in [1.54, 1.807) is 0 Å². The SMILES string of the molecule is CC(CCCO)NC(=O)COc1ccc2c(c1)CCC2. The minimum atomic E-state index is -0.115. The van der Waals surface area contributed by atoms with E-state index in [1.807, 2.05) is 19.1 Å². The van der Waals surface area contributed by atoms with E-state index < -0.39 is 0 Å². The Morgan fingerprint density at radius 1 is 1.40 bits per heavy atom. The van der Waals surface area contributed by atoms with Crippen LogP contribution in [0.1, 0.15) is 37.3 Å². The number of aliphatic hydroxyl groups excluding tert-OH is 1. The number of aryl methyl sites for hydroxylation is 2. The lowest BCUT2D eigenvalue weighted by molar-refractivity contribution is -0.123. The van der Waals surface area contributed by atoms with Crippen molar-refractivity contribution < 1.29 is 14.6 Å². The second-order valence-corrected chi connectivity index (χ2v) is 5.41. The van der Waals surface area contributed by atoms with Crippen molar-refractivity contribution in [3.63, 3.8) is 0 Å². The summed E-state index contributed by atoms with van der Waals surface area (Å²) in [6.45, 7) is 2.14. The summed E-state index contributed by atoms with van der Waals surface area (Å²) >= 11 is 0. The summed E-state index contributed by atoms with van der Waals surface area (Å²) in [4.78, 5) is 11.7. The zero-order valence-electron chi connectivity index (χ0n) is 12.0. The molecule has 0 aromatic heterocycles. The zero-order chi connectivity index (χ0) is 14.4. The van der Waals surface area contributed by atoms with E-state index in [9.17, 15) is 4.79 Å². The van der Waals surface area contributed by atoms with E-state index in [4.69, 9.17) is 9.84 Å². The molecule has 0 saturated heterocycles. The number of fused-ring (bicyclic) bond motifs is 1. The van der Waals surface area contributed by atoms with Gasteiger partial charge in [0.25, 0.3) is 5.91 Å². The van der Waals surface area contributed by atoms with Gasteiger partial charge >= 0.3 is 0 Å². The van der Waals surface area contributed by atoms with Crippen LogP contribution in [0.15, 0.2) is 18.2 Å². The maximum Gasteiger partial charge on any atom is 0.258 e. The highest BCUT2D eigenvalue weighted by Gasteiger charge is 2.12. The highest BCUT2D eigenvalue weighted by atomic mass is 16.5. The molecule has 1 amide bonds. The molecular formula is C16H23NO3. The van der Waals surface area contributed by atoms with E-state index in [0.717, 1.165) is 25.0 Å². The van der Waals surface area contributed by atoms with Gasteiger partial charge in [-0.05, 0) is 62.3 Å². The molecule has 2 rings (SSSR count). The van der Waals surface area contributed by atoms with Gasteiger partial charge < -0.3 is 15.2 Å². The molecule has 1 atom stereocenters. The lowest BCUT2D eigenvalue weighted by Gasteiger charge is -2.14. The number of hydrogen-bond donors (Lipinski definition) is 2. The monoisotopic (exact) mass is 277 g/mol. The molecule has 110 valence electrons. The molecule has 0 fully saturated rings. The summed E-state index contributed by atoms with van der Waals surface area (Å²) in [5, 5.41) is 11.6. The normalized spacial score (nSPS) is 14.7. The van der Waals surface area contributed by atoms with Gasteiger partial charge in [0.1, 0.15) is 5.75 Å². The average Bonchev–Trinajstić information content (AvgIpc) is 2.90. The number of carbonyl (C=O) groups is 1. The first-order valence-corrected chi connectivity index (χ1v) is 7.34. The van der Waals surface area contributed by atoms with Crippen molar-refractivity contribution in [2.45, 2.75) is 45.1 Å². The number of ether oxygens (including phenoxy) is 1. The molecule has 0 radical (unpaired) electrons. The highest BCUT2D eigenvalue weighted by Crippen LogP contribution is 2.25. The van der Waals surface area contributed by atoms with Gasteiger partial charge in [0.05, 0.1) is 0 Å². The summed E-state index contributed by atoms with van der Waals surface area (Å²) in [5.41, 5.74) is 2.75. The van der Waals surface area contributed by atoms with Crippen LogP contribution in [0.5, 0.6) is 5.75 Å². The van der Waals surface area contributed by atoms with Gasteiger partial charge in [-0.15, -0.1) is 0 Å². The van der Waals surface area contributed by atoms with Crippen molar-refractivity contribution in [1.29, 1.82) is 0 Å². The molecule has 4 heteroatoms. The second-order valence-electron chi connectivity index (χ2n) is 5.41. The van der Waals surface area contributed by atoms with E-state index in [0.29, 0.717) is 6.42 Å². The summed E-state index contributed by atoms with van der Waals surface area (Å²) in [7, 11) is 0.